The van der Waals surface area contributed by atoms with E-state index >= 15 is 0 Å². The molecular formula is C10H18N2O2S2. The molecule has 6 heteroatoms. The van der Waals surface area contributed by atoms with Gasteiger partial charge >= 0.3 is 5.97 Å². The van der Waals surface area contributed by atoms with E-state index in [0.29, 0.717) is 12.5 Å². The molecule has 92 valence electrons. The van der Waals surface area contributed by atoms with Crippen LogP contribution in [-0.2, 0) is 9.53 Å². The van der Waals surface area contributed by atoms with Crippen molar-refractivity contribution in [3.63, 3.8) is 0 Å². The predicted molar refractivity (Wildman–Crippen MR) is 70.7 cm³/mol. The molecule has 0 saturated heterocycles. The molecule has 0 aliphatic carbocycles. The molecule has 0 aromatic heterocycles. The van der Waals surface area contributed by atoms with E-state index in [4.69, 9.17) is 4.74 Å². The van der Waals surface area contributed by atoms with Crippen molar-refractivity contribution in [1.82, 2.24) is 5.43 Å². The molecule has 4 nitrogen and oxygen atoms in total. The van der Waals surface area contributed by atoms with Gasteiger partial charge in [-0.25, -0.2) is 0 Å². The number of carbonyl (C=O) groups is 1. The minimum absolute atomic E-state index is 0.0416. The Labute approximate surface area is 105 Å². The van der Waals surface area contributed by atoms with Gasteiger partial charge in [0, 0.05) is 0 Å². The molecule has 0 spiro atoms. The monoisotopic (exact) mass is 262 g/mol. The Morgan fingerprint density at radius 1 is 1.69 bits per heavy atom. The third kappa shape index (κ3) is 3.31. The van der Waals surface area contributed by atoms with Crippen LogP contribution in [0.4, 0.5) is 0 Å². The summed E-state index contributed by atoms with van der Waals surface area (Å²) in [5.74, 6) is 0.189. The number of rotatable bonds is 3. The Morgan fingerprint density at radius 3 is 2.88 bits per heavy atom. The van der Waals surface area contributed by atoms with Crippen molar-refractivity contribution in [2.75, 3.05) is 12.9 Å². The fraction of sp³-hybridized carbons (Fsp3) is 0.800. The van der Waals surface area contributed by atoms with Crippen molar-refractivity contribution >= 4 is 33.9 Å². The zero-order valence-electron chi connectivity index (χ0n) is 10.0. The van der Waals surface area contributed by atoms with Crippen LogP contribution in [0.1, 0.15) is 20.8 Å². The van der Waals surface area contributed by atoms with E-state index in [1.165, 1.54) is 11.8 Å². The van der Waals surface area contributed by atoms with Gasteiger partial charge in [0.15, 0.2) is 4.38 Å². The second kappa shape index (κ2) is 6.39. The molecule has 0 aromatic rings. The van der Waals surface area contributed by atoms with E-state index < -0.39 is 0 Å². The van der Waals surface area contributed by atoms with Crippen LogP contribution in [0.5, 0.6) is 0 Å². The molecule has 0 bridgehead atoms. The van der Waals surface area contributed by atoms with Gasteiger partial charge in [0.25, 0.3) is 0 Å². The Balaban J connectivity index is 2.76. The van der Waals surface area contributed by atoms with E-state index in [9.17, 15) is 4.79 Å². The maximum absolute atomic E-state index is 11.8. The number of hydrogen-bond acceptors (Lipinski definition) is 6. The summed E-state index contributed by atoms with van der Waals surface area (Å²) in [6.45, 7) is 6.40. The third-order valence-electron chi connectivity index (χ3n) is 2.27. The second-order valence-electron chi connectivity index (χ2n) is 3.77. The van der Waals surface area contributed by atoms with Crippen LogP contribution in [0.25, 0.3) is 0 Å². The van der Waals surface area contributed by atoms with E-state index in [0.717, 1.165) is 4.38 Å². The molecule has 1 heterocycles. The first-order valence-corrected chi connectivity index (χ1v) is 7.41. The number of hydrogen-bond donors (Lipinski definition) is 1. The summed E-state index contributed by atoms with van der Waals surface area (Å²) in [5, 5.41) is 4.03. The molecule has 2 atom stereocenters. The maximum atomic E-state index is 11.8. The molecule has 0 aromatic carbocycles. The van der Waals surface area contributed by atoms with Gasteiger partial charge in [0.2, 0.25) is 0 Å². The Hall–Kier alpha value is -0.360. The van der Waals surface area contributed by atoms with Crippen LogP contribution in [0.15, 0.2) is 5.10 Å². The molecule has 0 unspecified atom stereocenters. The highest BCUT2D eigenvalue weighted by atomic mass is 32.2. The topological polar surface area (TPSA) is 50.7 Å². The van der Waals surface area contributed by atoms with Crippen molar-refractivity contribution in [3.05, 3.63) is 0 Å². The van der Waals surface area contributed by atoms with Gasteiger partial charge in [-0.2, -0.15) is 5.10 Å². The number of nitrogens with zero attached hydrogens (tertiary/aromatic N) is 1. The molecule has 0 fully saturated rings. The fourth-order valence-corrected chi connectivity index (χ4v) is 3.26. The normalized spacial score (nSPS) is 24.9. The third-order valence-corrected chi connectivity index (χ3v) is 4.53. The van der Waals surface area contributed by atoms with Gasteiger partial charge in [-0.1, -0.05) is 25.6 Å². The molecule has 1 N–H and O–H groups in total. The lowest BCUT2D eigenvalue weighted by molar-refractivity contribution is -0.143. The summed E-state index contributed by atoms with van der Waals surface area (Å²) in [7, 11) is 0. The molecule has 0 saturated carbocycles. The average molecular weight is 262 g/mol. The highest BCUT2D eigenvalue weighted by Gasteiger charge is 2.36. The van der Waals surface area contributed by atoms with Gasteiger partial charge in [0.1, 0.15) is 5.25 Å². The van der Waals surface area contributed by atoms with Crippen LogP contribution >= 0.6 is 23.5 Å². The molecule has 16 heavy (non-hydrogen) atoms. The van der Waals surface area contributed by atoms with Crippen LogP contribution in [0, 0.1) is 5.92 Å². The van der Waals surface area contributed by atoms with Crippen LogP contribution < -0.4 is 5.43 Å². The van der Waals surface area contributed by atoms with E-state index in [1.807, 2.05) is 13.2 Å². The second-order valence-corrected chi connectivity index (χ2v) is 5.95. The van der Waals surface area contributed by atoms with E-state index in [-0.39, 0.29) is 17.3 Å². The van der Waals surface area contributed by atoms with E-state index in [2.05, 4.69) is 24.4 Å². The number of hydrazone groups is 1. The van der Waals surface area contributed by atoms with Crippen LogP contribution in [0.3, 0.4) is 0 Å². The highest BCUT2D eigenvalue weighted by Crippen LogP contribution is 2.29. The molecule has 0 radical (unpaired) electrons. The maximum Gasteiger partial charge on any atom is 0.321 e. The number of ether oxygens (including phenoxy) is 1. The van der Waals surface area contributed by atoms with Gasteiger partial charge in [-0.3, -0.25) is 4.79 Å². The first kappa shape index (κ1) is 13.7. The van der Waals surface area contributed by atoms with Crippen molar-refractivity contribution in [2.24, 2.45) is 11.0 Å². The van der Waals surface area contributed by atoms with Crippen molar-refractivity contribution in [2.45, 2.75) is 32.1 Å². The molecular weight excluding hydrogens is 244 g/mol. The minimum atomic E-state index is -0.195. The smallest absolute Gasteiger partial charge is 0.321 e. The number of thioether (sulfide) groups is 2. The average Bonchev–Trinajstić information content (AvgIpc) is 2.28. The highest BCUT2D eigenvalue weighted by molar-refractivity contribution is 8.39. The molecule has 1 rings (SSSR count). The molecule has 1 aliphatic heterocycles. The van der Waals surface area contributed by atoms with Crippen LogP contribution in [-0.4, -0.2) is 34.5 Å². The Kier molecular flexibility index (Phi) is 5.48. The van der Waals surface area contributed by atoms with Gasteiger partial charge in [0.05, 0.1) is 12.6 Å². The summed E-state index contributed by atoms with van der Waals surface area (Å²) >= 11 is 3.03. The van der Waals surface area contributed by atoms with Gasteiger partial charge in [-0.05, 0) is 19.1 Å². The van der Waals surface area contributed by atoms with Gasteiger partial charge in [-0.15, -0.1) is 11.8 Å². The first-order chi connectivity index (χ1) is 7.60. The SMILES string of the molecule is CCOC(=O)[C@@H]1SC(SC)=NN[C@H]1C(C)C. The lowest BCUT2D eigenvalue weighted by Gasteiger charge is -2.31. The first-order valence-electron chi connectivity index (χ1n) is 5.30. The zero-order valence-corrected chi connectivity index (χ0v) is 11.7. The molecule has 0 amide bonds. The van der Waals surface area contributed by atoms with Crippen molar-refractivity contribution in [1.29, 1.82) is 0 Å². The van der Waals surface area contributed by atoms with Gasteiger partial charge < -0.3 is 10.2 Å². The number of nitrogens with one attached hydrogen (secondary N) is 1. The summed E-state index contributed by atoms with van der Waals surface area (Å²) in [4.78, 5) is 11.8. The van der Waals surface area contributed by atoms with Crippen molar-refractivity contribution in [3.8, 4) is 0 Å². The zero-order chi connectivity index (χ0) is 12.1. The number of esters is 1. The van der Waals surface area contributed by atoms with E-state index in [1.54, 1.807) is 11.8 Å². The summed E-state index contributed by atoms with van der Waals surface area (Å²) in [5.41, 5.74) is 3.05. The Morgan fingerprint density at radius 2 is 2.38 bits per heavy atom. The summed E-state index contributed by atoms with van der Waals surface area (Å²) in [6, 6.07) is 0.0416. The Bertz CT molecular complexity index is 282. The minimum Gasteiger partial charge on any atom is -0.465 e. The quantitative estimate of drug-likeness (QED) is 0.787. The summed E-state index contributed by atoms with van der Waals surface area (Å²) < 4.78 is 5.97. The largest absolute Gasteiger partial charge is 0.465 e. The molecule has 1 aliphatic rings. The standard InChI is InChI=1S/C10H18N2O2S2/c1-5-14-9(13)8-7(6(2)3)11-12-10(15-4)16-8/h6-8,11H,5H2,1-4H3/t7-,8+/m0/s1. The number of carbonyl (C=O) groups excluding carboxylic acids is 1. The van der Waals surface area contributed by atoms with Crippen molar-refractivity contribution < 1.29 is 9.53 Å². The lowest BCUT2D eigenvalue weighted by Crippen LogP contribution is -2.47. The fourth-order valence-electron chi connectivity index (χ4n) is 1.41. The van der Waals surface area contributed by atoms with Crippen LogP contribution in [0.2, 0.25) is 0 Å². The lowest BCUT2D eigenvalue weighted by atomic mass is 10.0. The summed E-state index contributed by atoms with van der Waals surface area (Å²) in [6.07, 6.45) is 1.95. The predicted octanol–water partition coefficient (Wildman–Crippen LogP) is 1.91.